The van der Waals surface area contributed by atoms with E-state index in [4.69, 9.17) is 16.3 Å². The molecule has 1 aromatic heterocycles. The number of thiazole rings is 1. The summed E-state index contributed by atoms with van der Waals surface area (Å²) in [6.45, 7) is 3.81. The third-order valence-corrected chi connectivity index (χ3v) is 5.79. The SMILES string of the molecule is CCOc1ccc(NS(=O)(=O)c2sc(=O)[nH]c2C)cc1Cl. The van der Waals surface area contributed by atoms with E-state index in [-0.39, 0.29) is 4.21 Å². The van der Waals surface area contributed by atoms with Crippen LogP contribution in [0.25, 0.3) is 0 Å². The maximum atomic E-state index is 12.2. The molecule has 0 saturated heterocycles. The number of H-pyrrole nitrogens is 1. The van der Waals surface area contributed by atoms with E-state index in [1.807, 2.05) is 6.92 Å². The molecule has 0 unspecified atom stereocenters. The quantitative estimate of drug-likeness (QED) is 0.869. The lowest BCUT2D eigenvalue weighted by Gasteiger charge is -2.10. The Morgan fingerprint density at radius 1 is 1.43 bits per heavy atom. The summed E-state index contributed by atoms with van der Waals surface area (Å²) in [7, 11) is -3.83. The molecular weight excluding hydrogens is 336 g/mol. The van der Waals surface area contributed by atoms with Gasteiger partial charge in [0.25, 0.3) is 10.0 Å². The first kappa shape index (κ1) is 15.9. The number of rotatable bonds is 5. The van der Waals surface area contributed by atoms with Crippen LogP contribution in [-0.2, 0) is 10.0 Å². The summed E-state index contributed by atoms with van der Waals surface area (Å²) in [5, 5.41) is 0.302. The largest absolute Gasteiger partial charge is 0.492 e. The molecule has 2 aromatic rings. The molecule has 2 N–H and O–H groups in total. The highest BCUT2D eigenvalue weighted by Gasteiger charge is 2.21. The number of anilines is 1. The van der Waals surface area contributed by atoms with Crippen molar-refractivity contribution in [2.45, 2.75) is 18.1 Å². The standard InChI is InChI=1S/C12H13ClN2O4S2/c1-3-19-10-5-4-8(6-9(10)13)15-21(17,18)11-7(2)14-12(16)20-11/h4-6,15H,3H2,1-2H3,(H,14,16). The third kappa shape index (κ3) is 3.58. The summed E-state index contributed by atoms with van der Waals surface area (Å²) in [5.74, 6) is 0.476. The maximum Gasteiger partial charge on any atom is 0.306 e. The maximum absolute atomic E-state index is 12.2. The van der Waals surface area contributed by atoms with Gasteiger partial charge in [-0.05, 0) is 32.0 Å². The Labute approximate surface area is 130 Å². The molecule has 0 aliphatic rings. The van der Waals surface area contributed by atoms with Crippen LogP contribution in [0.5, 0.6) is 5.75 Å². The number of nitrogens with one attached hydrogen (secondary N) is 2. The monoisotopic (exact) mass is 348 g/mol. The molecule has 2 rings (SSSR count). The van der Waals surface area contributed by atoms with Gasteiger partial charge in [-0.2, -0.15) is 0 Å². The Balaban J connectivity index is 2.31. The molecule has 0 amide bonds. The van der Waals surface area contributed by atoms with Crippen molar-refractivity contribution in [3.8, 4) is 5.75 Å². The van der Waals surface area contributed by atoms with Gasteiger partial charge in [-0.25, -0.2) is 8.42 Å². The number of hydrogen-bond acceptors (Lipinski definition) is 5. The Morgan fingerprint density at radius 3 is 2.67 bits per heavy atom. The number of benzene rings is 1. The molecule has 114 valence electrons. The summed E-state index contributed by atoms with van der Waals surface area (Å²) in [6.07, 6.45) is 0. The Hall–Kier alpha value is -1.51. The smallest absolute Gasteiger partial charge is 0.306 e. The molecule has 6 nitrogen and oxygen atoms in total. The van der Waals surface area contributed by atoms with Crippen LogP contribution in [-0.4, -0.2) is 20.0 Å². The van der Waals surface area contributed by atoms with Gasteiger partial charge in [-0.15, -0.1) is 0 Å². The van der Waals surface area contributed by atoms with Gasteiger partial charge in [-0.3, -0.25) is 9.52 Å². The first-order valence-corrected chi connectivity index (χ1v) is 8.66. The zero-order valence-electron chi connectivity index (χ0n) is 11.3. The number of hydrogen-bond donors (Lipinski definition) is 2. The second-order valence-electron chi connectivity index (χ2n) is 4.11. The molecular formula is C12H13ClN2O4S2. The topological polar surface area (TPSA) is 88.3 Å². The van der Waals surface area contributed by atoms with Crippen molar-refractivity contribution < 1.29 is 13.2 Å². The molecule has 1 aromatic carbocycles. The molecule has 0 bridgehead atoms. The molecule has 0 fully saturated rings. The molecule has 0 saturated carbocycles. The Bertz CT molecular complexity index is 811. The fraction of sp³-hybridized carbons (Fsp3) is 0.250. The van der Waals surface area contributed by atoms with Gasteiger partial charge >= 0.3 is 4.87 Å². The van der Waals surface area contributed by atoms with E-state index in [1.165, 1.54) is 13.0 Å². The second kappa shape index (κ2) is 6.08. The summed E-state index contributed by atoms with van der Waals surface area (Å²) in [5.41, 5.74) is 0.596. The van der Waals surface area contributed by atoms with Gasteiger partial charge in [0, 0.05) is 5.69 Å². The first-order valence-electron chi connectivity index (χ1n) is 5.98. The molecule has 21 heavy (non-hydrogen) atoms. The van der Waals surface area contributed by atoms with Crippen LogP contribution in [0.15, 0.2) is 27.2 Å². The number of halogens is 1. The zero-order chi connectivity index (χ0) is 15.6. The molecule has 0 aliphatic carbocycles. The minimum atomic E-state index is -3.83. The van der Waals surface area contributed by atoms with E-state index in [1.54, 1.807) is 12.1 Å². The van der Waals surface area contributed by atoms with E-state index in [9.17, 15) is 13.2 Å². The van der Waals surface area contributed by atoms with Gasteiger partial charge < -0.3 is 9.72 Å². The predicted molar refractivity (Wildman–Crippen MR) is 83.1 cm³/mol. The van der Waals surface area contributed by atoms with Crippen LogP contribution in [0, 0.1) is 6.92 Å². The van der Waals surface area contributed by atoms with Crippen molar-refractivity contribution >= 4 is 38.6 Å². The van der Waals surface area contributed by atoms with Crippen molar-refractivity contribution in [2.75, 3.05) is 11.3 Å². The lowest BCUT2D eigenvalue weighted by molar-refractivity contribution is 0.340. The van der Waals surface area contributed by atoms with Crippen LogP contribution in [0.3, 0.4) is 0 Å². The number of sulfonamides is 1. The van der Waals surface area contributed by atoms with E-state index in [2.05, 4.69) is 9.71 Å². The number of aromatic amines is 1. The third-order valence-electron chi connectivity index (χ3n) is 2.51. The van der Waals surface area contributed by atoms with Crippen molar-refractivity contribution in [1.82, 2.24) is 4.98 Å². The van der Waals surface area contributed by atoms with Crippen molar-refractivity contribution in [2.24, 2.45) is 0 Å². The van der Waals surface area contributed by atoms with Gasteiger partial charge in [0.15, 0.2) is 4.21 Å². The van der Waals surface area contributed by atoms with E-state index in [0.29, 0.717) is 40.1 Å². The van der Waals surface area contributed by atoms with Gasteiger partial charge in [-0.1, -0.05) is 22.9 Å². The van der Waals surface area contributed by atoms with Crippen molar-refractivity contribution in [3.63, 3.8) is 0 Å². The summed E-state index contributed by atoms with van der Waals surface area (Å²) in [4.78, 5) is 13.2. The minimum Gasteiger partial charge on any atom is -0.492 e. The average molecular weight is 349 g/mol. The molecule has 1 heterocycles. The molecule has 9 heteroatoms. The summed E-state index contributed by atoms with van der Waals surface area (Å²) >= 11 is 6.64. The highest BCUT2D eigenvalue weighted by molar-refractivity contribution is 7.94. The summed E-state index contributed by atoms with van der Waals surface area (Å²) in [6, 6.07) is 4.57. The highest BCUT2D eigenvalue weighted by atomic mass is 35.5. The number of aryl methyl sites for hydroxylation is 1. The fourth-order valence-corrected chi connectivity index (χ4v) is 4.27. The average Bonchev–Trinajstić information content (AvgIpc) is 2.72. The molecule has 0 spiro atoms. The van der Waals surface area contributed by atoms with Gasteiger partial charge in [0.2, 0.25) is 0 Å². The summed E-state index contributed by atoms with van der Waals surface area (Å²) < 4.78 is 32.1. The first-order chi connectivity index (χ1) is 9.83. The van der Waals surface area contributed by atoms with Crippen LogP contribution in [0.2, 0.25) is 5.02 Å². The van der Waals surface area contributed by atoms with Gasteiger partial charge in [0.1, 0.15) is 5.75 Å². The van der Waals surface area contributed by atoms with Crippen molar-refractivity contribution in [3.05, 3.63) is 38.6 Å². The fourth-order valence-electron chi connectivity index (χ4n) is 1.69. The van der Waals surface area contributed by atoms with Crippen molar-refractivity contribution in [1.29, 1.82) is 0 Å². The normalized spacial score (nSPS) is 11.4. The van der Waals surface area contributed by atoms with Crippen LogP contribution in [0.1, 0.15) is 12.6 Å². The molecule has 0 atom stereocenters. The minimum absolute atomic E-state index is 0.0440. The van der Waals surface area contributed by atoms with Gasteiger partial charge in [0.05, 0.1) is 17.3 Å². The van der Waals surface area contributed by atoms with Crippen LogP contribution >= 0.6 is 22.9 Å². The lowest BCUT2D eigenvalue weighted by atomic mass is 10.3. The zero-order valence-corrected chi connectivity index (χ0v) is 13.7. The molecule has 0 aliphatic heterocycles. The van der Waals surface area contributed by atoms with E-state index in [0.717, 1.165) is 0 Å². The lowest BCUT2D eigenvalue weighted by Crippen LogP contribution is -2.12. The van der Waals surface area contributed by atoms with Crippen LogP contribution in [0.4, 0.5) is 5.69 Å². The Kier molecular flexibility index (Phi) is 4.60. The number of aromatic nitrogens is 1. The highest BCUT2D eigenvalue weighted by Crippen LogP contribution is 2.29. The Morgan fingerprint density at radius 2 is 2.14 bits per heavy atom. The van der Waals surface area contributed by atoms with E-state index < -0.39 is 14.9 Å². The predicted octanol–water partition coefficient (Wildman–Crippen LogP) is 2.60. The second-order valence-corrected chi connectivity index (χ2v) is 7.38. The van der Waals surface area contributed by atoms with Crippen LogP contribution < -0.4 is 14.3 Å². The molecule has 0 radical (unpaired) electrons. The number of ether oxygens (including phenoxy) is 1. The van der Waals surface area contributed by atoms with E-state index >= 15 is 0 Å².